The first kappa shape index (κ1) is 15.8. The third-order valence-electron chi connectivity index (χ3n) is 4.75. The van der Waals surface area contributed by atoms with Gasteiger partial charge in [0.2, 0.25) is 0 Å². The number of rotatable bonds is 3. The Hall–Kier alpha value is -1.74. The van der Waals surface area contributed by atoms with E-state index >= 15 is 0 Å². The van der Waals surface area contributed by atoms with Crippen molar-refractivity contribution in [2.24, 2.45) is 18.9 Å². The molecule has 0 N–H and O–H groups in total. The SMILES string of the molecule is Cn1ncc(S(=O)N2CC3C(C2)C3c2cccc(C(F)(F)F)c2)n1. The van der Waals surface area contributed by atoms with E-state index in [0.29, 0.717) is 18.1 Å². The van der Waals surface area contributed by atoms with Crippen LogP contribution >= 0.6 is 0 Å². The summed E-state index contributed by atoms with van der Waals surface area (Å²) < 4.78 is 52.8. The first-order chi connectivity index (χ1) is 11.3. The van der Waals surface area contributed by atoms with Gasteiger partial charge in [0.15, 0.2) is 5.03 Å². The highest BCUT2D eigenvalue weighted by Gasteiger charge is 2.57. The van der Waals surface area contributed by atoms with Crippen LogP contribution in [0.15, 0.2) is 35.5 Å². The highest BCUT2D eigenvalue weighted by Crippen LogP contribution is 2.58. The predicted octanol–water partition coefficient (Wildman–Crippen LogP) is 2.20. The molecule has 3 atom stereocenters. The van der Waals surface area contributed by atoms with Crippen LogP contribution in [0.25, 0.3) is 0 Å². The molecule has 3 unspecified atom stereocenters. The number of alkyl halides is 3. The largest absolute Gasteiger partial charge is 0.416 e. The molecular formula is C15H15F3N4OS. The Balaban J connectivity index is 1.45. The molecule has 1 saturated heterocycles. The molecule has 0 spiro atoms. The monoisotopic (exact) mass is 356 g/mol. The smallest absolute Gasteiger partial charge is 0.236 e. The number of hydrogen-bond donors (Lipinski definition) is 0. The maximum absolute atomic E-state index is 12.8. The third-order valence-corrected chi connectivity index (χ3v) is 6.06. The lowest BCUT2D eigenvalue weighted by molar-refractivity contribution is -0.137. The molecule has 0 radical (unpaired) electrons. The van der Waals surface area contributed by atoms with Crippen molar-refractivity contribution in [1.82, 2.24) is 19.3 Å². The molecule has 2 aromatic rings. The van der Waals surface area contributed by atoms with Crippen LogP contribution in [0.3, 0.4) is 0 Å². The first-order valence-corrected chi connectivity index (χ1v) is 8.65. The van der Waals surface area contributed by atoms with Crippen molar-refractivity contribution in [2.45, 2.75) is 17.1 Å². The van der Waals surface area contributed by atoms with Crippen molar-refractivity contribution < 1.29 is 17.4 Å². The summed E-state index contributed by atoms with van der Waals surface area (Å²) in [5, 5.41) is 8.37. The summed E-state index contributed by atoms with van der Waals surface area (Å²) in [6.45, 7) is 1.21. The van der Waals surface area contributed by atoms with Crippen molar-refractivity contribution >= 4 is 11.0 Å². The van der Waals surface area contributed by atoms with Crippen molar-refractivity contribution in [3.05, 3.63) is 41.6 Å². The van der Waals surface area contributed by atoms with Crippen LogP contribution in [0.5, 0.6) is 0 Å². The summed E-state index contributed by atoms with van der Waals surface area (Å²) in [5.41, 5.74) is 0.120. The van der Waals surface area contributed by atoms with E-state index in [2.05, 4.69) is 10.2 Å². The van der Waals surface area contributed by atoms with Crippen molar-refractivity contribution in [3.8, 4) is 0 Å². The van der Waals surface area contributed by atoms with Gasteiger partial charge in [0.1, 0.15) is 11.0 Å². The Labute approximate surface area is 139 Å². The van der Waals surface area contributed by atoms with Gasteiger partial charge in [0.25, 0.3) is 0 Å². The fraction of sp³-hybridized carbons (Fsp3) is 0.467. The van der Waals surface area contributed by atoms with Gasteiger partial charge in [-0.25, -0.2) is 8.51 Å². The van der Waals surface area contributed by atoms with Gasteiger partial charge in [0.05, 0.1) is 11.8 Å². The summed E-state index contributed by atoms with van der Waals surface area (Å²) in [5.74, 6) is 0.644. The van der Waals surface area contributed by atoms with E-state index in [1.807, 2.05) is 4.31 Å². The highest BCUT2D eigenvalue weighted by atomic mass is 32.2. The van der Waals surface area contributed by atoms with Gasteiger partial charge in [0, 0.05) is 20.1 Å². The van der Waals surface area contributed by atoms with Crippen LogP contribution in [-0.2, 0) is 24.2 Å². The lowest BCUT2D eigenvalue weighted by Gasteiger charge is -2.17. The van der Waals surface area contributed by atoms with Gasteiger partial charge >= 0.3 is 6.18 Å². The zero-order chi connectivity index (χ0) is 17.1. The van der Waals surface area contributed by atoms with E-state index < -0.39 is 22.7 Å². The maximum atomic E-state index is 12.8. The van der Waals surface area contributed by atoms with Crippen molar-refractivity contribution in [2.75, 3.05) is 13.1 Å². The third kappa shape index (κ3) is 2.65. The molecule has 128 valence electrons. The second-order valence-corrected chi connectivity index (χ2v) is 7.68. The summed E-state index contributed by atoms with van der Waals surface area (Å²) in [6.07, 6.45) is -2.84. The molecule has 2 fully saturated rings. The van der Waals surface area contributed by atoms with E-state index in [0.717, 1.165) is 11.6 Å². The van der Waals surface area contributed by atoms with Gasteiger partial charge in [-0.05, 0) is 29.4 Å². The average Bonchev–Trinajstić information content (AvgIpc) is 2.89. The predicted molar refractivity (Wildman–Crippen MR) is 80.1 cm³/mol. The van der Waals surface area contributed by atoms with Gasteiger partial charge in [-0.1, -0.05) is 18.2 Å². The summed E-state index contributed by atoms with van der Waals surface area (Å²) in [4.78, 5) is 1.36. The Morgan fingerprint density at radius 1 is 1.25 bits per heavy atom. The quantitative estimate of drug-likeness (QED) is 0.847. The molecule has 5 nitrogen and oxygen atoms in total. The fourth-order valence-corrected chi connectivity index (χ4v) is 4.78. The minimum Gasteiger partial charge on any atom is -0.236 e. The Kier molecular flexibility index (Phi) is 3.54. The van der Waals surface area contributed by atoms with Crippen LogP contribution in [0, 0.1) is 11.8 Å². The normalized spacial score (nSPS) is 27.9. The molecule has 24 heavy (non-hydrogen) atoms. The highest BCUT2D eigenvalue weighted by molar-refractivity contribution is 7.82. The Morgan fingerprint density at radius 3 is 2.54 bits per heavy atom. The maximum Gasteiger partial charge on any atom is 0.416 e. The van der Waals surface area contributed by atoms with Crippen LogP contribution in [-0.4, -0.2) is 36.6 Å². The number of fused-ring (bicyclic) bond motifs is 1. The number of halogens is 3. The molecule has 1 saturated carbocycles. The summed E-state index contributed by atoms with van der Waals surface area (Å²) >= 11 is 0. The molecule has 1 aromatic heterocycles. The molecule has 9 heteroatoms. The van der Waals surface area contributed by atoms with E-state index in [9.17, 15) is 17.4 Å². The van der Waals surface area contributed by atoms with Crippen LogP contribution < -0.4 is 0 Å². The van der Waals surface area contributed by atoms with E-state index in [1.54, 1.807) is 13.1 Å². The topological polar surface area (TPSA) is 51.0 Å². The molecule has 0 amide bonds. The Bertz CT molecular complexity index is 794. The molecule has 2 heterocycles. The minimum atomic E-state index is -4.32. The van der Waals surface area contributed by atoms with Gasteiger partial charge in [-0.15, -0.1) is 5.10 Å². The van der Waals surface area contributed by atoms with Gasteiger partial charge < -0.3 is 0 Å². The molecule has 1 aromatic carbocycles. The number of aryl methyl sites for hydroxylation is 1. The zero-order valence-corrected chi connectivity index (χ0v) is 13.6. The van der Waals surface area contributed by atoms with Crippen LogP contribution in [0.1, 0.15) is 17.0 Å². The fourth-order valence-electron chi connectivity index (χ4n) is 3.58. The lowest BCUT2D eigenvalue weighted by atomic mass is 10.0. The average molecular weight is 356 g/mol. The Morgan fingerprint density at radius 2 is 1.96 bits per heavy atom. The molecule has 1 aliphatic carbocycles. The second-order valence-electron chi connectivity index (χ2n) is 6.25. The van der Waals surface area contributed by atoms with E-state index in [1.165, 1.54) is 23.1 Å². The van der Waals surface area contributed by atoms with Crippen molar-refractivity contribution in [1.29, 1.82) is 0 Å². The van der Waals surface area contributed by atoms with Gasteiger partial charge in [-0.2, -0.15) is 23.1 Å². The summed E-state index contributed by atoms with van der Waals surface area (Å²) in [6, 6.07) is 5.55. The molecular weight excluding hydrogens is 341 g/mol. The van der Waals surface area contributed by atoms with Crippen LogP contribution in [0.4, 0.5) is 13.2 Å². The number of hydrogen-bond acceptors (Lipinski definition) is 3. The van der Waals surface area contributed by atoms with Crippen LogP contribution in [0.2, 0.25) is 0 Å². The zero-order valence-electron chi connectivity index (χ0n) is 12.8. The lowest BCUT2D eigenvalue weighted by Crippen LogP contribution is -2.27. The molecule has 1 aliphatic heterocycles. The number of nitrogens with zero attached hydrogens (tertiary/aromatic N) is 4. The minimum absolute atomic E-state index is 0.127. The van der Waals surface area contributed by atoms with Crippen molar-refractivity contribution in [3.63, 3.8) is 0 Å². The number of piperidine rings is 1. The van der Waals surface area contributed by atoms with E-state index in [4.69, 9.17) is 0 Å². The second kappa shape index (κ2) is 5.38. The van der Waals surface area contributed by atoms with E-state index in [-0.39, 0.29) is 17.8 Å². The van der Waals surface area contributed by atoms with Gasteiger partial charge in [-0.3, -0.25) is 0 Å². The number of benzene rings is 1. The molecule has 0 bridgehead atoms. The summed E-state index contributed by atoms with van der Waals surface area (Å²) in [7, 11) is 0.299. The molecule has 4 rings (SSSR count). The number of aromatic nitrogens is 3. The standard InChI is InChI=1S/C15H15F3N4OS/c1-21-19-6-13(20-21)24(23)22-7-11-12(8-22)14(11)9-3-2-4-10(5-9)15(16,17)18/h2-6,11-12,14H,7-8H2,1H3. The first-order valence-electron chi connectivity index (χ1n) is 7.55. The molecule has 2 aliphatic rings.